The molecule has 1 aromatic carbocycles. The lowest BCUT2D eigenvalue weighted by Crippen LogP contribution is -2.49. The fourth-order valence-electron chi connectivity index (χ4n) is 3.09. The van der Waals surface area contributed by atoms with Crippen LogP contribution >= 0.6 is 0 Å². The summed E-state index contributed by atoms with van der Waals surface area (Å²) in [5.74, 6) is 0.835. The number of nitrogens with zero attached hydrogens (tertiary/aromatic N) is 1. The summed E-state index contributed by atoms with van der Waals surface area (Å²) in [5, 5.41) is 3.65. The number of hydrogen-bond acceptors (Lipinski definition) is 2. The van der Waals surface area contributed by atoms with Crippen LogP contribution in [0, 0.1) is 5.92 Å². The zero-order valence-corrected chi connectivity index (χ0v) is 13.3. The van der Waals surface area contributed by atoms with Gasteiger partial charge in [-0.25, -0.2) is 0 Å². The van der Waals surface area contributed by atoms with E-state index < -0.39 is 0 Å². The van der Waals surface area contributed by atoms with Crippen LogP contribution < -0.4 is 5.32 Å². The number of benzene rings is 1. The van der Waals surface area contributed by atoms with Crippen LogP contribution in [0.25, 0.3) is 0 Å². The normalized spacial score (nSPS) is 22.1. The second-order valence-corrected chi connectivity index (χ2v) is 6.59. The maximum atomic E-state index is 3.65. The fourth-order valence-corrected chi connectivity index (χ4v) is 3.09. The van der Waals surface area contributed by atoms with Crippen LogP contribution in [0.5, 0.6) is 0 Å². The quantitative estimate of drug-likeness (QED) is 0.847. The molecular formula is C18H30N2. The summed E-state index contributed by atoms with van der Waals surface area (Å²) >= 11 is 0. The van der Waals surface area contributed by atoms with E-state index in [2.05, 4.69) is 61.3 Å². The third-order valence-electron chi connectivity index (χ3n) is 4.44. The summed E-state index contributed by atoms with van der Waals surface area (Å²) in [6.07, 6.45) is 4.05. The number of rotatable bonds is 6. The molecule has 1 aliphatic rings. The number of nitrogens with one attached hydrogen (secondary N) is 1. The maximum absolute atomic E-state index is 3.65. The minimum atomic E-state index is 0.498. The molecule has 1 aliphatic heterocycles. The molecule has 0 bridgehead atoms. The lowest BCUT2D eigenvalue weighted by Gasteiger charge is -2.38. The lowest BCUT2D eigenvalue weighted by atomic mass is 10.00. The van der Waals surface area contributed by atoms with E-state index in [4.69, 9.17) is 0 Å². The van der Waals surface area contributed by atoms with Crippen molar-refractivity contribution >= 4 is 0 Å². The highest BCUT2D eigenvalue weighted by atomic mass is 15.2. The van der Waals surface area contributed by atoms with Gasteiger partial charge >= 0.3 is 0 Å². The Balaban J connectivity index is 1.83. The highest BCUT2D eigenvalue weighted by Crippen LogP contribution is 2.20. The first-order chi connectivity index (χ1) is 9.66. The van der Waals surface area contributed by atoms with E-state index in [9.17, 15) is 0 Å². The molecule has 2 unspecified atom stereocenters. The summed E-state index contributed by atoms with van der Waals surface area (Å²) in [4.78, 5) is 2.66. The fraction of sp³-hybridized carbons (Fsp3) is 0.667. The van der Waals surface area contributed by atoms with Crippen molar-refractivity contribution in [1.29, 1.82) is 0 Å². The standard InChI is InChI=1S/C18H30N2/c1-15(2)8-7-9-16(3)20-13-12-19-18(14-20)17-10-5-4-6-11-17/h4-6,10-11,15-16,18-19H,7-9,12-14H2,1-3H3. The van der Waals surface area contributed by atoms with Gasteiger partial charge in [-0.2, -0.15) is 0 Å². The molecular weight excluding hydrogens is 244 g/mol. The van der Waals surface area contributed by atoms with Crippen molar-refractivity contribution in [2.75, 3.05) is 19.6 Å². The van der Waals surface area contributed by atoms with E-state index in [1.807, 2.05) is 0 Å². The van der Waals surface area contributed by atoms with Crippen LogP contribution in [0.1, 0.15) is 51.6 Å². The van der Waals surface area contributed by atoms with Crippen molar-refractivity contribution < 1.29 is 0 Å². The average Bonchev–Trinajstić information content (AvgIpc) is 2.48. The summed E-state index contributed by atoms with van der Waals surface area (Å²) < 4.78 is 0. The van der Waals surface area contributed by atoms with Crippen LogP contribution in [-0.2, 0) is 0 Å². The highest BCUT2D eigenvalue weighted by Gasteiger charge is 2.23. The minimum absolute atomic E-state index is 0.498. The van der Waals surface area contributed by atoms with E-state index in [1.54, 1.807) is 0 Å². The van der Waals surface area contributed by atoms with Gasteiger partial charge in [0.15, 0.2) is 0 Å². The molecule has 0 saturated carbocycles. The third-order valence-corrected chi connectivity index (χ3v) is 4.44. The van der Waals surface area contributed by atoms with Gasteiger partial charge < -0.3 is 5.32 Å². The Morgan fingerprint density at radius 3 is 2.60 bits per heavy atom. The van der Waals surface area contributed by atoms with Gasteiger partial charge in [0.1, 0.15) is 0 Å². The molecule has 20 heavy (non-hydrogen) atoms. The van der Waals surface area contributed by atoms with E-state index in [0.29, 0.717) is 12.1 Å². The Labute approximate surface area is 124 Å². The molecule has 0 aliphatic carbocycles. The first-order valence-electron chi connectivity index (χ1n) is 8.19. The zero-order valence-electron chi connectivity index (χ0n) is 13.3. The zero-order chi connectivity index (χ0) is 14.4. The molecule has 0 aromatic heterocycles. The van der Waals surface area contributed by atoms with Gasteiger partial charge in [-0.3, -0.25) is 4.90 Å². The summed E-state index contributed by atoms with van der Waals surface area (Å²) in [5.41, 5.74) is 1.42. The molecule has 1 saturated heterocycles. The van der Waals surface area contributed by atoms with E-state index in [0.717, 1.165) is 19.0 Å². The molecule has 0 radical (unpaired) electrons. The first kappa shape index (κ1) is 15.5. The van der Waals surface area contributed by atoms with E-state index in [-0.39, 0.29) is 0 Å². The summed E-state index contributed by atoms with van der Waals surface area (Å²) in [7, 11) is 0. The molecule has 0 spiro atoms. The highest BCUT2D eigenvalue weighted by molar-refractivity contribution is 5.19. The monoisotopic (exact) mass is 274 g/mol. The van der Waals surface area contributed by atoms with Crippen LogP contribution in [0.2, 0.25) is 0 Å². The van der Waals surface area contributed by atoms with E-state index in [1.165, 1.54) is 31.4 Å². The Kier molecular flexibility index (Phi) is 6.06. The molecule has 112 valence electrons. The van der Waals surface area contributed by atoms with Crippen LogP contribution in [0.3, 0.4) is 0 Å². The number of hydrogen-bond donors (Lipinski definition) is 1. The van der Waals surface area contributed by atoms with Crippen molar-refractivity contribution in [2.45, 2.75) is 52.1 Å². The number of piperazine rings is 1. The van der Waals surface area contributed by atoms with Gasteiger partial charge in [0.05, 0.1) is 0 Å². The predicted molar refractivity (Wildman–Crippen MR) is 86.9 cm³/mol. The molecule has 2 heteroatoms. The Bertz CT molecular complexity index is 374. The summed E-state index contributed by atoms with van der Waals surface area (Å²) in [6.45, 7) is 10.5. The van der Waals surface area contributed by atoms with E-state index >= 15 is 0 Å². The molecule has 0 amide bonds. The first-order valence-corrected chi connectivity index (χ1v) is 8.19. The lowest BCUT2D eigenvalue weighted by molar-refractivity contribution is 0.144. The third kappa shape index (κ3) is 4.60. The Hall–Kier alpha value is -0.860. The van der Waals surface area contributed by atoms with Crippen molar-refractivity contribution in [2.24, 2.45) is 5.92 Å². The molecule has 1 heterocycles. The molecule has 2 atom stereocenters. The minimum Gasteiger partial charge on any atom is -0.308 e. The average molecular weight is 274 g/mol. The largest absolute Gasteiger partial charge is 0.308 e. The second-order valence-electron chi connectivity index (χ2n) is 6.59. The van der Waals surface area contributed by atoms with Gasteiger partial charge in [0.25, 0.3) is 0 Å². The maximum Gasteiger partial charge on any atom is 0.0449 e. The Morgan fingerprint density at radius 1 is 1.15 bits per heavy atom. The van der Waals surface area contributed by atoms with Gasteiger partial charge in [-0.1, -0.05) is 57.0 Å². The predicted octanol–water partition coefficient (Wildman–Crippen LogP) is 3.85. The van der Waals surface area contributed by atoms with Crippen molar-refractivity contribution in [3.8, 4) is 0 Å². The smallest absolute Gasteiger partial charge is 0.0449 e. The van der Waals surface area contributed by atoms with Crippen molar-refractivity contribution in [3.63, 3.8) is 0 Å². The Morgan fingerprint density at radius 2 is 1.90 bits per heavy atom. The van der Waals surface area contributed by atoms with Crippen LogP contribution in [0.4, 0.5) is 0 Å². The molecule has 1 N–H and O–H groups in total. The van der Waals surface area contributed by atoms with Crippen molar-refractivity contribution in [1.82, 2.24) is 10.2 Å². The second kappa shape index (κ2) is 7.80. The molecule has 2 rings (SSSR count). The van der Waals surface area contributed by atoms with Gasteiger partial charge in [0, 0.05) is 31.7 Å². The van der Waals surface area contributed by atoms with Crippen molar-refractivity contribution in [3.05, 3.63) is 35.9 Å². The van der Waals surface area contributed by atoms with Gasteiger partial charge in [-0.05, 0) is 24.8 Å². The van der Waals surface area contributed by atoms with Crippen LogP contribution in [0.15, 0.2) is 30.3 Å². The molecule has 2 nitrogen and oxygen atoms in total. The summed E-state index contributed by atoms with van der Waals surface area (Å²) in [6, 6.07) is 12.1. The van der Waals surface area contributed by atoms with Crippen LogP contribution in [-0.4, -0.2) is 30.6 Å². The topological polar surface area (TPSA) is 15.3 Å². The SMILES string of the molecule is CC(C)CCCC(C)N1CCNC(c2ccccc2)C1. The van der Waals surface area contributed by atoms with Gasteiger partial charge in [0.2, 0.25) is 0 Å². The molecule has 1 fully saturated rings. The molecule has 1 aromatic rings. The van der Waals surface area contributed by atoms with Gasteiger partial charge in [-0.15, -0.1) is 0 Å².